The number of likely N-dealkylation sites (N-methyl/N-ethyl adjacent to an activating group) is 1. The Morgan fingerprint density at radius 1 is 1.12 bits per heavy atom. The first-order valence-electron chi connectivity index (χ1n) is 10.1. The van der Waals surface area contributed by atoms with Crippen molar-refractivity contribution in [2.75, 3.05) is 42.3 Å². The average Bonchev–Trinajstić information content (AvgIpc) is 3.05. The molecule has 0 saturated carbocycles. The van der Waals surface area contributed by atoms with E-state index in [2.05, 4.69) is 15.5 Å². The molecule has 0 atom stereocenters. The lowest BCUT2D eigenvalue weighted by atomic mass is 10.0. The van der Waals surface area contributed by atoms with E-state index >= 15 is 0 Å². The van der Waals surface area contributed by atoms with Crippen molar-refractivity contribution >= 4 is 49.6 Å². The minimum Gasteiger partial charge on any atom is -0.462 e. The molecule has 178 valence electrons. The van der Waals surface area contributed by atoms with Crippen LogP contribution in [0.3, 0.4) is 0 Å². The molecule has 1 aliphatic heterocycles. The zero-order chi connectivity index (χ0) is 24.2. The van der Waals surface area contributed by atoms with Crippen molar-refractivity contribution in [1.82, 2.24) is 4.90 Å². The molecular formula is C21H24FN3O6S2. The molecule has 1 aliphatic rings. The fourth-order valence-electron chi connectivity index (χ4n) is 3.38. The molecule has 12 heteroatoms. The molecule has 2 N–H and O–H groups in total. The molecule has 2 aromatic rings. The van der Waals surface area contributed by atoms with Crippen LogP contribution in [-0.2, 0) is 37.1 Å². The number of hydrogen-bond acceptors (Lipinski definition) is 8. The zero-order valence-corrected chi connectivity index (χ0v) is 19.8. The number of thiophene rings is 1. The van der Waals surface area contributed by atoms with Gasteiger partial charge in [0.1, 0.15) is 22.3 Å². The summed E-state index contributed by atoms with van der Waals surface area (Å²) < 4.78 is 42.8. The largest absolute Gasteiger partial charge is 0.462 e. The van der Waals surface area contributed by atoms with Gasteiger partial charge >= 0.3 is 5.97 Å². The highest BCUT2D eigenvalue weighted by Crippen LogP contribution is 2.37. The summed E-state index contributed by atoms with van der Waals surface area (Å²) in [5.41, 5.74) is 1.28. The molecule has 3 rings (SSSR count). The minimum atomic E-state index is -4.10. The number of sulfone groups is 1. The average molecular weight is 498 g/mol. The number of ether oxygens (including phenoxy) is 1. The summed E-state index contributed by atoms with van der Waals surface area (Å²) in [4.78, 5) is 40.0. The van der Waals surface area contributed by atoms with Crippen LogP contribution in [0.15, 0.2) is 24.3 Å². The SMILES string of the molecule is CCOC(=O)c1c(NC(=O)CS(=O)(=O)CC(=O)Nc2ccc(F)cc2)sc2c1CCN(C)C2. The summed E-state index contributed by atoms with van der Waals surface area (Å²) in [5, 5.41) is 5.10. The van der Waals surface area contributed by atoms with Crippen LogP contribution >= 0.6 is 11.3 Å². The number of carbonyl (C=O) groups excluding carboxylic acids is 3. The summed E-state index contributed by atoms with van der Waals surface area (Å²) in [6.07, 6.45) is 0.605. The third-order valence-corrected chi connectivity index (χ3v) is 7.35. The first-order valence-corrected chi connectivity index (χ1v) is 12.8. The lowest BCUT2D eigenvalue weighted by molar-refractivity contribution is -0.114. The van der Waals surface area contributed by atoms with Crippen LogP contribution in [0.25, 0.3) is 0 Å². The van der Waals surface area contributed by atoms with Gasteiger partial charge in [-0.15, -0.1) is 11.3 Å². The summed E-state index contributed by atoms with van der Waals surface area (Å²) in [6, 6.07) is 4.83. The Bertz CT molecular complexity index is 1160. The number of hydrogen-bond donors (Lipinski definition) is 2. The van der Waals surface area contributed by atoms with Gasteiger partial charge in [0.15, 0.2) is 9.84 Å². The number of anilines is 2. The van der Waals surface area contributed by atoms with Crippen LogP contribution in [0.4, 0.5) is 15.1 Å². The highest BCUT2D eigenvalue weighted by Gasteiger charge is 2.29. The summed E-state index contributed by atoms with van der Waals surface area (Å²) in [5.74, 6) is -4.64. The quantitative estimate of drug-likeness (QED) is 0.535. The Kier molecular flexibility index (Phi) is 7.82. The molecule has 1 aromatic carbocycles. The van der Waals surface area contributed by atoms with Crippen LogP contribution in [0.5, 0.6) is 0 Å². The van der Waals surface area contributed by atoms with E-state index in [0.29, 0.717) is 13.0 Å². The van der Waals surface area contributed by atoms with Gasteiger partial charge in [-0.2, -0.15) is 0 Å². The summed E-state index contributed by atoms with van der Waals surface area (Å²) >= 11 is 1.21. The van der Waals surface area contributed by atoms with Crippen LogP contribution < -0.4 is 10.6 Å². The first kappa shape index (κ1) is 24.8. The fourth-order valence-corrected chi connectivity index (χ4v) is 5.76. The number of rotatable bonds is 8. The van der Waals surface area contributed by atoms with E-state index < -0.39 is 44.9 Å². The lowest BCUT2D eigenvalue weighted by Gasteiger charge is -2.22. The number of amides is 2. The van der Waals surface area contributed by atoms with Crippen molar-refractivity contribution in [2.45, 2.75) is 19.9 Å². The van der Waals surface area contributed by atoms with Crippen LogP contribution in [0.2, 0.25) is 0 Å². The van der Waals surface area contributed by atoms with Gasteiger partial charge in [-0.25, -0.2) is 17.6 Å². The van der Waals surface area contributed by atoms with Gasteiger partial charge in [0.05, 0.1) is 12.2 Å². The molecule has 0 bridgehead atoms. The summed E-state index contributed by atoms with van der Waals surface area (Å²) in [6.45, 7) is 3.17. The summed E-state index contributed by atoms with van der Waals surface area (Å²) in [7, 11) is -2.16. The highest BCUT2D eigenvalue weighted by molar-refractivity contribution is 7.92. The second-order valence-electron chi connectivity index (χ2n) is 7.55. The maximum Gasteiger partial charge on any atom is 0.341 e. The molecule has 0 radical (unpaired) electrons. The normalized spacial score (nSPS) is 13.8. The van der Waals surface area contributed by atoms with Gasteiger partial charge in [0.2, 0.25) is 11.8 Å². The predicted octanol–water partition coefficient (Wildman–Crippen LogP) is 2.04. The van der Waals surface area contributed by atoms with E-state index in [9.17, 15) is 27.2 Å². The number of nitrogens with zero attached hydrogens (tertiary/aromatic N) is 1. The Balaban J connectivity index is 1.68. The zero-order valence-electron chi connectivity index (χ0n) is 18.1. The Hall–Kier alpha value is -2.83. The topological polar surface area (TPSA) is 122 Å². The second kappa shape index (κ2) is 10.4. The molecule has 2 amide bonds. The molecule has 0 spiro atoms. The molecular weight excluding hydrogens is 473 g/mol. The van der Waals surface area contributed by atoms with Gasteiger partial charge in [-0.1, -0.05) is 0 Å². The Labute approximate surface area is 194 Å². The minimum absolute atomic E-state index is 0.161. The van der Waals surface area contributed by atoms with E-state index in [1.54, 1.807) is 6.92 Å². The van der Waals surface area contributed by atoms with Gasteiger partial charge in [-0.3, -0.25) is 9.59 Å². The lowest BCUT2D eigenvalue weighted by Crippen LogP contribution is -2.30. The van der Waals surface area contributed by atoms with Crippen LogP contribution in [0, 0.1) is 5.82 Å². The third kappa shape index (κ3) is 6.59. The van der Waals surface area contributed by atoms with E-state index in [1.807, 2.05) is 7.05 Å². The van der Waals surface area contributed by atoms with Crippen molar-refractivity contribution < 1.29 is 31.9 Å². The number of benzene rings is 1. The van der Waals surface area contributed by atoms with Gasteiger partial charge in [0, 0.05) is 23.7 Å². The van der Waals surface area contributed by atoms with E-state index in [1.165, 1.54) is 23.5 Å². The molecule has 0 saturated heterocycles. The van der Waals surface area contributed by atoms with Crippen molar-refractivity contribution in [1.29, 1.82) is 0 Å². The van der Waals surface area contributed by atoms with Crippen molar-refractivity contribution in [3.8, 4) is 0 Å². The molecule has 9 nitrogen and oxygen atoms in total. The predicted molar refractivity (Wildman–Crippen MR) is 123 cm³/mol. The molecule has 2 heterocycles. The number of esters is 1. The maximum atomic E-state index is 12.9. The van der Waals surface area contributed by atoms with Crippen LogP contribution in [0.1, 0.15) is 27.7 Å². The van der Waals surface area contributed by atoms with Crippen molar-refractivity contribution in [2.24, 2.45) is 0 Å². The third-order valence-electron chi connectivity index (χ3n) is 4.81. The standard InChI is InChI=1S/C21H24FN3O6S2/c1-3-31-21(28)19-15-8-9-25(2)10-16(15)32-20(19)24-18(27)12-33(29,30)11-17(26)23-14-6-4-13(22)5-7-14/h4-7H,3,8-12H2,1-2H3,(H,23,26)(H,24,27). The van der Waals surface area contributed by atoms with Gasteiger partial charge in [0.25, 0.3) is 0 Å². The first-order chi connectivity index (χ1) is 15.6. The maximum absolute atomic E-state index is 12.9. The number of fused-ring (bicyclic) bond motifs is 1. The monoisotopic (exact) mass is 497 g/mol. The Morgan fingerprint density at radius 2 is 1.76 bits per heavy atom. The molecule has 33 heavy (non-hydrogen) atoms. The molecule has 1 aromatic heterocycles. The fraction of sp³-hybridized carbons (Fsp3) is 0.381. The number of carbonyl (C=O) groups is 3. The Morgan fingerprint density at radius 3 is 2.39 bits per heavy atom. The van der Waals surface area contributed by atoms with Crippen molar-refractivity contribution in [3.63, 3.8) is 0 Å². The van der Waals surface area contributed by atoms with Crippen LogP contribution in [-0.4, -0.2) is 62.8 Å². The molecule has 0 fully saturated rings. The second-order valence-corrected chi connectivity index (χ2v) is 10.7. The number of nitrogens with one attached hydrogen (secondary N) is 2. The van der Waals surface area contributed by atoms with Crippen molar-refractivity contribution in [3.05, 3.63) is 46.1 Å². The number of halogens is 1. The van der Waals surface area contributed by atoms with E-state index in [-0.39, 0.29) is 22.9 Å². The van der Waals surface area contributed by atoms with E-state index in [0.717, 1.165) is 29.1 Å². The molecule has 0 aliphatic carbocycles. The van der Waals surface area contributed by atoms with Gasteiger partial charge < -0.3 is 20.3 Å². The van der Waals surface area contributed by atoms with E-state index in [4.69, 9.17) is 4.74 Å². The smallest absolute Gasteiger partial charge is 0.341 e. The highest BCUT2D eigenvalue weighted by atomic mass is 32.2. The van der Waals surface area contributed by atoms with Gasteiger partial charge in [-0.05, 0) is 50.2 Å². The molecule has 0 unspecified atom stereocenters.